The maximum atomic E-state index is 15.5. The smallest absolute Gasteiger partial charge is 0.260 e. The summed E-state index contributed by atoms with van der Waals surface area (Å²) in [6, 6.07) is 22.6. The van der Waals surface area contributed by atoms with E-state index in [0.29, 0.717) is 38.7 Å². The lowest BCUT2D eigenvalue weighted by Gasteiger charge is -2.50. The van der Waals surface area contributed by atoms with Crippen LogP contribution in [0.25, 0.3) is 0 Å². The molecule has 6 atom stereocenters. The van der Waals surface area contributed by atoms with E-state index < -0.39 is 52.7 Å². The summed E-state index contributed by atoms with van der Waals surface area (Å²) in [5.74, 6) is -5.51. The minimum Gasteiger partial charge on any atom is -0.508 e. The molecule has 2 heterocycles. The summed E-state index contributed by atoms with van der Waals surface area (Å²) < 4.78 is 11.3. The number of halogens is 2. The first-order chi connectivity index (χ1) is 26.4. The van der Waals surface area contributed by atoms with Crippen molar-refractivity contribution in [2.75, 3.05) is 24.5 Å². The number of anilines is 2. The average molecular weight is 781 g/mol. The molecular weight excluding hydrogens is 745 g/mol. The molecular formula is C42H35Cl2N3O8. The monoisotopic (exact) mass is 779 g/mol. The predicted molar refractivity (Wildman–Crippen MR) is 204 cm³/mol. The zero-order valence-corrected chi connectivity index (χ0v) is 31.4. The molecule has 0 unspecified atom stereocenters. The van der Waals surface area contributed by atoms with E-state index in [2.05, 4.69) is 5.43 Å². The molecule has 2 N–H and O–H groups in total. The number of amides is 4. The molecule has 3 fully saturated rings. The molecule has 280 valence electrons. The van der Waals surface area contributed by atoms with Crippen LogP contribution in [0, 0.1) is 23.7 Å². The summed E-state index contributed by atoms with van der Waals surface area (Å²) in [5.41, 5.74) is 4.17. The number of Topliss-reactive ketones (excluding diaryl/α,β-unsaturated/α-hetero) is 1. The molecule has 1 saturated carbocycles. The summed E-state index contributed by atoms with van der Waals surface area (Å²) in [7, 11) is 2.98. The highest BCUT2D eigenvalue weighted by Gasteiger charge is 2.70. The van der Waals surface area contributed by atoms with Gasteiger partial charge in [0.2, 0.25) is 11.8 Å². The Balaban J connectivity index is 1.33. The molecule has 0 spiro atoms. The molecule has 11 nitrogen and oxygen atoms in total. The Kier molecular flexibility index (Phi) is 8.97. The van der Waals surface area contributed by atoms with Gasteiger partial charge < -0.3 is 14.6 Å². The number of aromatic hydroxyl groups is 1. The van der Waals surface area contributed by atoms with Gasteiger partial charge in [0.05, 0.1) is 53.8 Å². The number of nitrogens with zero attached hydrogens (tertiary/aromatic N) is 2. The maximum absolute atomic E-state index is 15.5. The number of fused-ring (bicyclic) bond motifs is 4. The van der Waals surface area contributed by atoms with Gasteiger partial charge in [0.15, 0.2) is 5.78 Å². The van der Waals surface area contributed by atoms with Crippen molar-refractivity contribution in [3.05, 3.63) is 123 Å². The number of imide groups is 2. The van der Waals surface area contributed by atoms with Crippen LogP contribution in [0.1, 0.15) is 47.2 Å². The predicted octanol–water partition coefficient (Wildman–Crippen LogP) is 7.11. The minimum atomic E-state index is -1.61. The molecule has 0 bridgehead atoms. The van der Waals surface area contributed by atoms with Gasteiger partial charge in [-0.2, -0.15) is 5.01 Å². The number of hydrogen-bond donors (Lipinski definition) is 2. The van der Waals surface area contributed by atoms with E-state index in [1.807, 2.05) is 6.08 Å². The second-order valence-corrected chi connectivity index (χ2v) is 15.1. The van der Waals surface area contributed by atoms with E-state index in [1.165, 1.54) is 44.2 Å². The average Bonchev–Trinajstić information content (AvgIpc) is 3.56. The normalized spacial score (nSPS) is 25.6. The molecule has 0 radical (unpaired) electrons. The van der Waals surface area contributed by atoms with Gasteiger partial charge in [-0.15, -0.1) is 0 Å². The van der Waals surface area contributed by atoms with Gasteiger partial charge in [0.25, 0.3) is 11.8 Å². The van der Waals surface area contributed by atoms with Crippen LogP contribution < -0.4 is 19.8 Å². The van der Waals surface area contributed by atoms with Crippen LogP contribution in [0.15, 0.2) is 96.6 Å². The lowest BCUT2D eigenvalue weighted by molar-refractivity contribution is -0.138. The summed E-state index contributed by atoms with van der Waals surface area (Å²) in [5, 5.41) is 12.1. The third-order valence-electron chi connectivity index (χ3n) is 11.6. The fraction of sp³-hybridized carbons (Fsp3) is 0.262. The number of carbonyl (C=O) groups is 5. The standard InChI is InChI=1S/C42H35Cl2N3O8/c1-21(48)22-4-9-25(10-5-22)46-38(50)30-16-15-28-31(36(30)40(46)52)20-32-39(51)47(45-34-17-8-24(43)18-33(34)44)41(53)42(32,23-6-12-27(54-2)13-7-23)37(28)29-14-11-26(49)19-35(29)55-3/h4-15,17-19,30-32,36-37,45,49H,16,20H2,1-3H3/t30-,31+,32-,36-,37+,42+/m0/s1. The lowest BCUT2D eigenvalue weighted by Crippen LogP contribution is -2.53. The molecule has 13 heteroatoms. The topological polar surface area (TPSA) is 143 Å². The maximum Gasteiger partial charge on any atom is 0.260 e. The first-order valence-electron chi connectivity index (χ1n) is 17.7. The Hall–Kier alpha value is -5.65. The summed E-state index contributed by atoms with van der Waals surface area (Å²) in [6.07, 6.45) is 2.19. The Morgan fingerprint density at radius 3 is 2.24 bits per heavy atom. The van der Waals surface area contributed by atoms with Crippen LogP contribution >= 0.6 is 23.2 Å². The number of phenols is 1. The highest BCUT2D eigenvalue weighted by atomic mass is 35.5. The van der Waals surface area contributed by atoms with E-state index in [9.17, 15) is 24.3 Å². The summed E-state index contributed by atoms with van der Waals surface area (Å²) in [6.45, 7) is 1.44. The van der Waals surface area contributed by atoms with Gasteiger partial charge in [-0.05, 0) is 91.9 Å². The van der Waals surface area contributed by atoms with Crippen molar-refractivity contribution < 1.29 is 38.6 Å². The van der Waals surface area contributed by atoms with Crippen molar-refractivity contribution in [1.82, 2.24) is 5.01 Å². The number of ether oxygens (including phenoxy) is 2. The number of phenolic OH excluding ortho intramolecular Hbond substituents is 1. The van der Waals surface area contributed by atoms with Crippen molar-refractivity contribution in [1.29, 1.82) is 0 Å². The third-order valence-corrected chi connectivity index (χ3v) is 12.2. The number of benzene rings is 4. The Morgan fingerprint density at radius 2 is 1.58 bits per heavy atom. The van der Waals surface area contributed by atoms with E-state index in [4.69, 9.17) is 32.7 Å². The number of allylic oxidation sites excluding steroid dienone is 2. The first-order valence-corrected chi connectivity index (χ1v) is 18.5. The lowest BCUT2D eigenvalue weighted by atomic mass is 9.49. The number of hydrazine groups is 1. The van der Waals surface area contributed by atoms with Crippen LogP contribution in [0.2, 0.25) is 10.0 Å². The van der Waals surface area contributed by atoms with Crippen molar-refractivity contribution in [2.45, 2.75) is 31.1 Å². The van der Waals surface area contributed by atoms with Gasteiger partial charge in [0.1, 0.15) is 17.2 Å². The molecule has 2 aliphatic carbocycles. The number of carbonyl (C=O) groups excluding carboxylic acids is 5. The molecule has 2 saturated heterocycles. The van der Waals surface area contributed by atoms with Gasteiger partial charge in [-0.1, -0.05) is 53.1 Å². The van der Waals surface area contributed by atoms with Crippen molar-refractivity contribution in [2.24, 2.45) is 23.7 Å². The van der Waals surface area contributed by atoms with Crippen LogP contribution in [0.5, 0.6) is 17.2 Å². The SMILES string of the molecule is COc1ccc([C@@]23C(=O)N(Nc4ccc(Cl)cc4Cl)C(=O)[C@@H]2C[C@@H]2C(=CC[C@@H]4C(=O)N(c5ccc(C(C)=O)cc5)C(=O)[C@@H]42)[C@@H]3c2ccc(O)cc2OC)cc1. The number of methoxy groups -OCH3 is 2. The fourth-order valence-electron chi connectivity index (χ4n) is 9.23. The van der Waals surface area contributed by atoms with Crippen molar-refractivity contribution in [3.8, 4) is 17.2 Å². The van der Waals surface area contributed by atoms with Crippen LogP contribution in [0.4, 0.5) is 11.4 Å². The van der Waals surface area contributed by atoms with Crippen molar-refractivity contribution in [3.63, 3.8) is 0 Å². The first kappa shape index (κ1) is 36.3. The Bertz CT molecular complexity index is 2330. The largest absolute Gasteiger partial charge is 0.508 e. The van der Waals surface area contributed by atoms with Crippen LogP contribution in [-0.4, -0.2) is 53.7 Å². The molecule has 55 heavy (non-hydrogen) atoms. The number of ketones is 1. The number of rotatable bonds is 8. The number of hydrogen-bond acceptors (Lipinski definition) is 9. The highest BCUT2D eigenvalue weighted by molar-refractivity contribution is 6.36. The fourth-order valence-corrected chi connectivity index (χ4v) is 9.68. The highest BCUT2D eigenvalue weighted by Crippen LogP contribution is 2.65. The molecule has 2 aliphatic heterocycles. The zero-order chi connectivity index (χ0) is 38.9. The van der Waals surface area contributed by atoms with Gasteiger partial charge in [-0.25, -0.2) is 0 Å². The van der Waals surface area contributed by atoms with E-state index in [0.717, 1.165) is 5.01 Å². The van der Waals surface area contributed by atoms with Crippen molar-refractivity contribution >= 4 is 64.0 Å². The Labute approximate surface area is 326 Å². The van der Waals surface area contributed by atoms with Gasteiger partial charge in [0, 0.05) is 28.1 Å². The van der Waals surface area contributed by atoms with Crippen LogP contribution in [0.3, 0.4) is 0 Å². The minimum absolute atomic E-state index is 0.0587. The van der Waals surface area contributed by atoms with E-state index >= 15 is 4.79 Å². The second kappa shape index (κ2) is 13.6. The quantitative estimate of drug-likeness (QED) is 0.109. The molecule has 4 amide bonds. The molecule has 4 aromatic rings. The summed E-state index contributed by atoms with van der Waals surface area (Å²) in [4.78, 5) is 72.3. The Morgan fingerprint density at radius 1 is 0.855 bits per heavy atom. The van der Waals surface area contributed by atoms with Gasteiger partial charge in [-0.3, -0.25) is 34.3 Å². The molecule has 4 aromatic carbocycles. The van der Waals surface area contributed by atoms with Gasteiger partial charge >= 0.3 is 0 Å². The van der Waals surface area contributed by atoms with E-state index in [1.54, 1.807) is 66.7 Å². The summed E-state index contributed by atoms with van der Waals surface area (Å²) >= 11 is 12.7. The second-order valence-electron chi connectivity index (χ2n) is 14.3. The number of nitrogens with one attached hydrogen (secondary N) is 1. The zero-order valence-electron chi connectivity index (χ0n) is 29.9. The van der Waals surface area contributed by atoms with E-state index in [-0.39, 0.29) is 46.7 Å². The molecule has 8 rings (SSSR count). The molecule has 0 aromatic heterocycles. The molecule has 4 aliphatic rings. The third kappa shape index (κ3) is 5.51. The van der Waals surface area contributed by atoms with Crippen LogP contribution in [-0.2, 0) is 24.6 Å².